The summed E-state index contributed by atoms with van der Waals surface area (Å²) < 4.78 is 6.99. The van der Waals surface area contributed by atoms with Crippen molar-refractivity contribution < 1.29 is 24.5 Å². The Hall–Kier alpha value is -2.84. The number of rotatable bonds is 5. The average Bonchev–Trinajstić information content (AvgIpc) is 3.04. The monoisotopic (exact) mass is 448 g/mol. The van der Waals surface area contributed by atoms with Crippen molar-refractivity contribution in [1.82, 2.24) is 9.88 Å². The molecule has 0 amide bonds. The lowest BCUT2D eigenvalue weighted by Crippen LogP contribution is -2.14. The predicted octanol–water partition coefficient (Wildman–Crippen LogP) is 3.98. The number of halogens is 1. The van der Waals surface area contributed by atoms with Gasteiger partial charge < -0.3 is 24.8 Å². The first-order chi connectivity index (χ1) is 13.3. The van der Waals surface area contributed by atoms with E-state index < -0.39 is 11.9 Å². The molecule has 148 valence electrons. The summed E-state index contributed by atoms with van der Waals surface area (Å²) in [7, 11) is 4.19. The van der Waals surface area contributed by atoms with E-state index in [1.165, 1.54) is 10.9 Å². The Balaban J connectivity index is 0.000000409. The fraction of sp³-hybridized carbons (Fsp3) is 0.200. The van der Waals surface area contributed by atoms with E-state index in [-0.39, 0.29) is 0 Å². The highest BCUT2D eigenvalue weighted by molar-refractivity contribution is 9.10. The van der Waals surface area contributed by atoms with Crippen molar-refractivity contribution in [2.75, 3.05) is 20.6 Å². The summed E-state index contributed by atoms with van der Waals surface area (Å²) in [6.07, 6.45) is 3.12. The van der Waals surface area contributed by atoms with Crippen LogP contribution in [0.2, 0.25) is 0 Å². The minimum atomic E-state index is -1.82. The van der Waals surface area contributed by atoms with E-state index >= 15 is 0 Å². The molecule has 0 aliphatic rings. The molecule has 1 heterocycles. The van der Waals surface area contributed by atoms with E-state index in [1.54, 1.807) is 0 Å². The van der Waals surface area contributed by atoms with Crippen molar-refractivity contribution in [3.05, 3.63) is 58.7 Å². The first-order valence-electron chi connectivity index (χ1n) is 8.40. The van der Waals surface area contributed by atoms with E-state index in [0.717, 1.165) is 34.5 Å². The Morgan fingerprint density at radius 2 is 1.64 bits per heavy atom. The zero-order valence-electron chi connectivity index (χ0n) is 15.5. The van der Waals surface area contributed by atoms with Gasteiger partial charge in [-0.25, -0.2) is 9.59 Å². The molecule has 0 aliphatic heterocycles. The summed E-state index contributed by atoms with van der Waals surface area (Å²) in [6.45, 7) is 1.03. The second-order valence-electron chi connectivity index (χ2n) is 6.24. The molecule has 0 saturated heterocycles. The maximum absolute atomic E-state index is 9.10. The van der Waals surface area contributed by atoms with E-state index in [9.17, 15) is 0 Å². The number of carboxylic acid groups (broad SMARTS) is 2. The number of aliphatic carboxylic acids is 2. The Bertz CT molecular complexity index is 939. The second kappa shape index (κ2) is 9.91. The number of hydrogen-bond acceptors (Lipinski definition) is 4. The van der Waals surface area contributed by atoms with Gasteiger partial charge in [0.15, 0.2) is 0 Å². The number of H-pyrrole nitrogens is 1. The number of aromatic nitrogens is 1. The minimum Gasteiger partial charge on any atom is -0.473 e. The van der Waals surface area contributed by atoms with Crippen LogP contribution in [0.5, 0.6) is 11.5 Å². The largest absolute Gasteiger partial charge is 0.473 e. The molecule has 0 atom stereocenters. The molecule has 3 rings (SSSR count). The summed E-state index contributed by atoms with van der Waals surface area (Å²) in [5, 5.41) is 16.0. The molecule has 28 heavy (non-hydrogen) atoms. The van der Waals surface area contributed by atoms with Gasteiger partial charge in [-0.3, -0.25) is 0 Å². The number of aromatic amines is 1. The number of carbonyl (C=O) groups is 2. The van der Waals surface area contributed by atoms with Crippen molar-refractivity contribution in [3.63, 3.8) is 0 Å². The maximum Gasteiger partial charge on any atom is 0.414 e. The van der Waals surface area contributed by atoms with Gasteiger partial charge in [0.1, 0.15) is 11.5 Å². The number of ether oxygens (including phenoxy) is 1. The molecule has 7 nitrogen and oxygen atoms in total. The minimum absolute atomic E-state index is 0.841. The van der Waals surface area contributed by atoms with Gasteiger partial charge in [-0.15, -0.1) is 0 Å². The smallest absolute Gasteiger partial charge is 0.414 e. The van der Waals surface area contributed by atoms with Crippen molar-refractivity contribution in [2.45, 2.75) is 6.42 Å². The molecule has 0 unspecified atom stereocenters. The highest BCUT2D eigenvalue weighted by atomic mass is 79.9. The van der Waals surface area contributed by atoms with Gasteiger partial charge in [-0.1, -0.05) is 15.9 Å². The molecule has 0 radical (unpaired) electrons. The zero-order valence-corrected chi connectivity index (χ0v) is 17.1. The number of likely N-dealkylation sites (N-methyl/N-ethyl adjacent to an activating group) is 1. The van der Waals surface area contributed by atoms with E-state index in [0.29, 0.717) is 0 Å². The van der Waals surface area contributed by atoms with Gasteiger partial charge in [0, 0.05) is 28.1 Å². The van der Waals surface area contributed by atoms with Crippen LogP contribution in [0.3, 0.4) is 0 Å². The van der Waals surface area contributed by atoms with Crippen LogP contribution in [0, 0.1) is 0 Å². The van der Waals surface area contributed by atoms with Gasteiger partial charge in [-0.2, -0.15) is 0 Å². The van der Waals surface area contributed by atoms with Crippen LogP contribution >= 0.6 is 15.9 Å². The van der Waals surface area contributed by atoms with E-state index in [4.69, 9.17) is 24.5 Å². The molecule has 0 bridgehead atoms. The molecule has 1 aromatic heterocycles. The van der Waals surface area contributed by atoms with Crippen LogP contribution in [0.15, 0.2) is 53.1 Å². The third-order valence-corrected chi connectivity index (χ3v) is 4.33. The molecule has 0 aliphatic carbocycles. The van der Waals surface area contributed by atoms with Crippen LogP contribution in [-0.4, -0.2) is 52.7 Å². The SMILES string of the molecule is CN(C)CCc1c[nH]c2ccc(Oc3ccc(Br)cc3)cc12.O=C(O)C(=O)O. The molecule has 0 fully saturated rings. The molecule has 3 aromatic rings. The van der Waals surface area contributed by atoms with Crippen molar-refractivity contribution in [1.29, 1.82) is 0 Å². The summed E-state index contributed by atoms with van der Waals surface area (Å²) in [4.78, 5) is 23.7. The number of fused-ring (bicyclic) bond motifs is 1. The molecule has 3 N–H and O–H groups in total. The number of hydrogen-bond donors (Lipinski definition) is 3. The van der Waals surface area contributed by atoms with Gasteiger partial charge in [-0.05, 0) is 68.5 Å². The number of benzene rings is 2. The summed E-state index contributed by atoms with van der Waals surface area (Å²) >= 11 is 3.43. The fourth-order valence-electron chi connectivity index (χ4n) is 2.41. The van der Waals surface area contributed by atoms with Crippen molar-refractivity contribution >= 4 is 38.8 Å². The van der Waals surface area contributed by atoms with Gasteiger partial charge in [0.2, 0.25) is 0 Å². The fourth-order valence-corrected chi connectivity index (χ4v) is 2.67. The van der Waals surface area contributed by atoms with Crippen LogP contribution in [0.4, 0.5) is 0 Å². The Morgan fingerprint density at radius 3 is 2.21 bits per heavy atom. The predicted molar refractivity (Wildman–Crippen MR) is 110 cm³/mol. The maximum atomic E-state index is 9.10. The lowest BCUT2D eigenvalue weighted by Gasteiger charge is -2.09. The first-order valence-corrected chi connectivity index (χ1v) is 9.20. The number of nitrogens with one attached hydrogen (secondary N) is 1. The molecular weight excluding hydrogens is 428 g/mol. The third-order valence-electron chi connectivity index (χ3n) is 3.80. The Kier molecular flexibility index (Phi) is 7.60. The van der Waals surface area contributed by atoms with Crippen LogP contribution < -0.4 is 4.74 Å². The normalized spacial score (nSPS) is 10.4. The summed E-state index contributed by atoms with van der Waals surface area (Å²) in [5.74, 6) is -1.95. The summed E-state index contributed by atoms with van der Waals surface area (Å²) in [5.41, 5.74) is 2.47. The van der Waals surface area contributed by atoms with Gasteiger partial charge in [0.05, 0.1) is 0 Å². The lowest BCUT2D eigenvalue weighted by atomic mass is 10.1. The van der Waals surface area contributed by atoms with Crippen LogP contribution in [-0.2, 0) is 16.0 Å². The molecule has 0 saturated carbocycles. The zero-order chi connectivity index (χ0) is 20.7. The standard InChI is InChI=1S/C18H19BrN2O.C2H2O4/c1-21(2)10-9-13-12-20-18-8-7-16(11-17(13)18)22-15-5-3-14(19)4-6-15;3-1(4)2(5)6/h3-8,11-12,20H,9-10H2,1-2H3;(H,3,4)(H,5,6). The Labute approximate surface area is 170 Å². The lowest BCUT2D eigenvalue weighted by molar-refractivity contribution is -0.159. The van der Waals surface area contributed by atoms with Gasteiger partial charge >= 0.3 is 11.9 Å². The third kappa shape index (κ3) is 6.40. The first kappa shape index (κ1) is 21.5. The molecular formula is C20H21BrN2O5. The summed E-state index contributed by atoms with van der Waals surface area (Å²) in [6, 6.07) is 14.0. The second-order valence-corrected chi connectivity index (χ2v) is 7.16. The van der Waals surface area contributed by atoms with Crippen molar-refractivity contribution in [3.8, 4) is 11.5 Å². The van der Waals surface area contributed by atoms with Crippen molar-refractivity contribution in [2.24, 2.45) is 0 Å². The average molecular weight is 449 g/mol. The highest BCUT2D eigenvalue weighted by Crippen LogP contribution is 2.28. The topological polar surface area (TPSA) is 103 Å². The molecule has 8 heteroatoms. The molecule has 0 spiro atoms. The Morgan fingerprint density at radius 1 is 1.04 bits per heavy atom. The highest BCUT2D eigenvalue weighted by Gasteiger charge is 2.07. The quantitative estimate of drug-likeness (QED) is 0.510. The van der Waals surface area contributed by atoms with E-state index in [2.05, 4.69) is 58.2 Å². The number of carboxylic acids is 2. The molecule has 2 aromatic carbocycles. The van der Waals surface area contributed by atoms with Crippen LogP contribution in [0.25, 0.3) is 10.9 Å². The van der Waals surface area contributed by atoms with Gasteiger partial charge in [0.25, 0.3) is 0 Å². The van der Waals surface area contributed by atoms with Crippen LogP contribution in [0.1, 0.15) is 5.56 Å². The van der Waals surface area contributed by atoms with E-state index in [1.807, 2.05) is 30.3 Å². The number of nitrogens with zero attached hydrogens (tertiary/aromatic N) is 1.